The molecule has 0 aliphatic heterocycles. The largest absolute Gasteiger partial charge is 0.505 e. The molecule has 0 aliphatic carbocycles. The molecule has 4 aromatic carbocycles. The van der Waals surface area contributed by atoms with E-state index in [0.29, 0.717) is 11.8 Å². The van der Waals surface area contributed by atoms with Crippen molar-refractivity contribution >= 4 is 84.9 Å². The molecule has 0 aromatic heterocycles. The van der Waals surface area contributed by atoms with Gasteiger partial charge in [-0.1, -0.05) is 24.8 Å². The maximum Gasteiger partial charge on any atom is 0.297 e. The highest BCUT2D eigenvalue weighted by atomic mass is 32.2. The Morgan fingerprint density at radius 3 is 1.89 bits per heavy atom. The van der Waals surface area contributed by atoms with Crippen LogP contribution in [0.2, 0.25) is 0 Å². The lowest BCUT2D eigenvalue weighted by Crippen LogP contribution is -2.16. The Balaban J connectivity index is 2.11. The van der Waals surface area contributed by atoms with E-state index in [2.05, 4.69) is 27.1 Å². The summed E-state index contributed by atoms with van der Waals surface area (Å²) in [7, 11) is -20.3. The summed E-state index contributed by atoms with van der Waals surface area (Å²) in [6.45, 7) is 6.63. The third-order valence-corrected chi connectivity index (χ3v) is 9.66. The molecular weight excluding hydrogens is 693 g/mol. The van der Waals surface area contributed by atoms with Gasteiger partial charge in [-0.2, -0.15) is 33.7 Å². The summed E-state index contributed by atoms with van der Waals surface area (Å²) in [4.78, 5) is 0.516. The van der Waals surface area contributed by atoms with Crippen molar-refractivity contribution < 1.29 is 57.0 Å². The predicted octanol–water partition coefficient (Wildman–Crippen LogP) is 4.27. The number of nitrogens with one attached hydrogen (secondary N) is 1. The molecule has 17 nitrogen and oxygen atoms in total. The van der Waals surface area contributed by atoms with Gasteiger partial charge >= 0.3 is 0 Å². The van der Waals surface area contributed by atoms with E-state index in [1.54, 1.807) is 6.92 Å². The Bertz CT molecular complexity index is 2490. The van der Waals surface area contributed by atoms with Gasteiger partial charge in [0.15, 0.2) is 5.75 Å². The first kappa shape index (κ1) is 34.5. The lowest BCUT2D eigenvalue weighted by Gasteiger charge is -2.13. The number of amidine groups is 1. The zero-order valence-electron chi connectivity index (χ0n) is 23.3. The molecule has 0 amide bonds. The molecule has 4 aromatic rings. The summed E-state index contributed by atoms with van der Waals surface area (Å²) in [6.07, 6.45) is 0. The lowest BCUT2D eigenvalue weighted by molar-refractivity contribution is 0.472. The number of phenolic OH excluding ortho intramolecular Hbond substituents is 1. The Labute approximate surface area is 261 Å². The summed E-state index contributed by atoms with van der Waals surface area (Å²) in [5.41, 5.74) is -1.65. The van der Waals surface area contributed by atoms with Gasteiger partial charge in [-0.15, -0.1) is 10.2 Å². The molecule has 0 fully saturated rings. The van der Waals surface area contributed by atoms with Crippen LogP contribution in [0, 0.1) is 0 Å². The van der Waals surface area contributed by atoms with Crippen molar-refractivity contribution in [1.29, 1.82) is 0 Å². The van der Waals surface area contributed by atoms with Gasteiger partial charge in [-0.05, 0) is 49.6 Å². The average molecular weight is 715 g/mol. The Kier molecular flexibility index (Phi) is 8.84. The molecular formula is C25H22N4O13S4. The fourth-order valence-electron chi connectivity index (χ4n) is 4.45. The third-order valence-electron chi connectivity index (χ3n) is 6.11. The molecule has 4 rings (SSSR count). The Morgan fingerprint density at radius 2 is 1.35 bits per heavy atom. The fourth-order valence-corrected chi connectivity index (χ4v) is 7.18. The van der Waals surface area contributed by atoms with Crippen LogP contribution in [0.4, 0.5) is 17.1 Å². The van der Waals surface area contributed by atoms with Gasteiger partial charge in [-0.25, -0.2) is 4.99 Å². The van der Waals surface area contributed by atoms with Crippen molar-refractivity contribution in [1.82, 2.24) is 5.32 Å². The van der Waals surface area contributed by atoms with Crippen molar-refractivity contribution in [3.63, 3.8) is 0 Å². The number of hydrogen-bond donors (Lipinski definition) is 6. The first-order chi connectivity index (χ1) is 21.0. The van der Waals surface area contributed by atoms with E-state index in [4.69, 9.17) is 0 Å². The fraction of sp³-hybridized carbons (Fsp3) is 0.0800. The highest BCUT2D eigenvalue weighted by Gasteiger charge is 2.27. The predicted molar refractivity (Wildman–Crippen MR) is 164 cm³/mol. The van der Waals surface area contributed by atoms with E-state index in [9.17, 15) is 57.0 Å². The van der Waals surface area contributed by atoms with Gasteiger partial charge in [0.05, 0.1) is 16.0 Å². The second kappa shape index (κ2) is 11.8. The summed E-state index contributed by atoms with van der Waals surface area (Å²) in [6, 6.07) is 7.23. The maximum atomic E-state index is 12.4. The summed E-state index contributed by atoms with van der Waals surface area (Å²) in [5.74, 6) is -0.957. The summed E-state index contributed by atoms with van der Waals surface area (Å²) >= 11 is 0. The van der Waals surface area contributed by atoms with Gasteiger partial charge < -0.3 is 10.4 Å². The molecule has 21 heteroatoms. The number of aromatic hydroxyl groups is 1. The standard InChI is InChI=1S/C25H22N4O13S4/c1-12(2)26-13(3)27-19-11-15(43(31,32)33)9-14-10-21(45(37,38)39)23(24(30)22(14)19)29-28-18-8-7-16-17(25(18)46(40,41)42)5-4-6-20(16)44(34,35)36/h4-11,30H,1H2,2-3H3,(H,26,27)(H,31,32,33)(H,34,35,36)(H,37,38,39)(H,40,41,42). The number of rotatable bonds is 8. The summed E-state index contributed by atoms with van der Waals surface area (Å²) in [5, 5.41) is 19.8. The number of fused-ring (bicyclic) bond motifs is 2. The second-order valence-electron chi connectivity index (χ2n) is 9.58. The zero-order chi connectivity index (χ0) is 34.6. The molecule has 0 radical (unpaired) electrons. The van der Waals surface area contributed by atoms with Crippen LogP contribution in [0.1, 0.15) is 13.8 Å². The van der Waals surface area contributed by atoms with E-state index < -0.39 is 82.6 Å². The molecule has 0 spiro atoms. The monoisotopic (exact) mass is 714 g/mol. The molecule has 0 saturated carbocycles. The van der Waals surface area contributed by atoms with Gasteiger partial charge in [0.2, 0.25) is 0 Å². The lowest BCUT2D eigenvalue weighted by atomic mass is 10.1. The van der Waals surface area contributed by atoms with Gasteiger partial charge in [0, 0.05) is 16.5 Å². The smallest absolute Gasteiger partial charge is 0.297 e. The quantitative estimate of drug-likeness (QED) is 0.0643. The van der Waals surface area contributed by atoms with Crippen molar-refractivity contribution in [3.05, 3.63) is 60.8 Å². The van der Waals surface area contributed by atoms with Gasteiger partial charge in [0.25, 0.3) is 40.5 Å². The van der Waals surface area contributed by atoms with E-state index in [1.165, 1.54) is 6.92 Å². The first-order valence-corrected chi connectivity index (χ1v) is 17.9. The normalized spacial score (nSPS) is 13.5. The molecule has 0 atom stereocenters. The Morgan fingerprint density at radius 1 is 0.717 bits per heavy atom. The van der Waals surface area contributed by atoms with Crippen LogP contribution in [0.15, 0.2) is 95.6 Å². The molecule has 46 heavy (non-hydrogen) atoms. The molecule has 244 valence electrons. The van der Waals surface area contributed by atoms with Crippen LogP contribution in [-0.2, 0) is 40.5 Å². The zero-order valence-corrected chi connectivity index (χ0v) is 26.6. The number of benzene rings is 4. The highest BCUT2D eigenvalue weighted by molar-refractivity contribution is 7.87. The van der Waals surface area contributed by atoms with Crippen LogP contribution < -0.4 is 5.32 Å². The van der Waals surface area contributed by atoms with E-state index in [0.717, 1.165) is 42.5 Å². The number of nitrogens with zero attached hydrogens (tertiary/aromatic N) is 3. The minimum atomic E-state index is -5.29. The van der Waals surface area contributed by atoms with Crippen LogP contribution in [-0.4, -0.2) is 62.8 Å². The maximum absolute atomic E-state index is 12.4. The number of aliphatic imine (C=N–C) groups is 1. The van der Waals surface area contributed by atoms with E-state index >= 15 is 0 Å². The minimum Gasteiger partial charge on any atom is -0.505 e. The Hall–Kier alpha value is -4.35. The van der Waals surface area contributed by atoms with E-state index in [1.807, 2.05) is 0 Å². The summed E-state index contributed by atoms with van der Waals surface area (Å²) < 4.78 is 136. The van der Waals surface area contributed by atoms with Crippen molar-refractivity contribution in [2.75, 3.05) is 0 Å². The van der Waals surface area contributed by atoms with Crippen molar-refractivity contribution in [2.24, 2.45) is 15.2 Å². The second-order valence-corrected chi connectivity index (χ2v) is 15.1. The third kappa shape index (κ3) is 7.05. The van der Waals surface area contributed by atoms with Crippen LogP contribution in [0.3, 0.4) is 0 Å². The number of phenols is 1. The van der Waals surface area contributed by atoms with Gasteiger partial charge in [-0.3, -0.25) is 18.2 Å². The first-order valence-electron chi connectivity index (χ1n) is 12.2. The molecule has 0 saturated heterocycles. The molecule has 6 N–H and O–H groups in total. The highest BCUT2D eigenvalue weighted by Crippen LogP contribution is 2.46. The number of azo groups is 1. The topological polar surface area (TPSA) is 287 Å². The molecule has 0 unspecified atom stereocenters. The molecule has 0 aliphatic rings. The SMILES string of the molecule is C=C(C)NC(C)=Nc1cc(S(=O)(=O)O)cc2cc(S(=O)(=O)O)c(N=Nc3ccc4c(S(=O)(=O)O)cccc4c3S(=O)(=O)O)c(O)c12. The minimum absolute atomic E-state index is 0.0981. The van der Waals surface area contributed by atoms with Crippen molar-refractivity contribution in [2.45, 2.75) is 33.4 Å². The van der Waals surface area contributed by atoms with Gasteiger partial charge in [0.1, 0.15) is 31.9 Å². The molecule has 0 bridgehead atoms. The van der Waals surface area contributed by atoms with E-state index in [-0.39, 0.29) is 27.7 Å². The number of allylic oxidation sites excluding steroid dienone is 1. The average Bonchev–Trinajstić information content (AvgIpc) is 2.88. The van der Waals surface area contributed by atoms with Crippen LogP contribution in [0.5, 0.6) is 5.75 Å². The van der Waals surface area contributed by atoms with Crippen LogP contribution >= 0.6 is 0 Å². The van der Waals surface area contributed by atoms with Crippen LogP contribution in [0.25, 0.3) is 21.5 Å². The molecule has 0 heterocycles. The van der Waals surface area contributed by atoms with Crippen molar-refractivity contribution in [3.8, 4) is 5.75 Å². The number of hydrogen-bond acceptors (Lipinski definition) is 12.